The molecule has 3 rings (SSSR count). The van der Waals surface area contributed by atoms with Crippen molar-refractivity contribution in [1.82, 2.24) is 0 Å². The number of hydrogen-bond donors (Lipinski definition) is 3. The van der Waals surface area contributed by atoms with Gasteiger partial charge in [-0.05, 0) is 35.9 Å². The maximum Gasteiger partial charge on any atom is 0.374 e. The molecule has 0 fully saturated rings. The van der Waals surface area contributed by atoms with Crippen LogP contribution in [0.5, 0.6) is 5.75 Å². The lowest BCUT2D eigenvalue weighted by Gasteiger charge is -1.99. The number of aliphatic hydroxyl groups excluding tert-OH is 1. The van der Waals surface area contributed by atoms with Gasteiger partial charge < -0.3 is 20.0 Å². The number of allylic oxidation sites excluding steroid dienone is 1. The van der Waals surface area contributed by atoms with Crippen LogP contribution in [0.1, 0.15) is 5.56 Å². The molecule has 7 heteroatoms. The minimum Gasteiger partial charge on any atom is -0.501 e. The third-order valence-corrected chi connectivity index (χ3v) is 3.61. The number of cyclic esters (lactones) is 1. The van der Waals surface area contributed by atoms with Crippen LogP contribution in [-0.4, -0.2) is 30.6 Å². The number of rotatable bonds is 5. The molecule has 0 saturated heterocycles. The second-order valence-corrected chi connectivity index (χ2v) is 5.38. The molecule has 0 saturated carbocycles. The summed E-state index contributed by atoms with van der Waals surface area (Å²) in [6.45, 7) is -0.184. The highest BCUT2D eigenvalue weighted by Crippen LogP contribution is 2.16. The summed E-state index contributed by atoms with van der Waals surface area (Å²) in [7, 11) is 1.57. The number of hydrazine groups is 1. The van der Waals surface area contributed by atoms with Crippen molar-refractivity contribution in [2.75, 3.05) is 19.1 Å². The van der Waals surface area contributed by atoms with E-state index in [1.165, 1.54) is 6.08 Å². The molecule has 0 spiro atoms. The highest BCUT2D eigenvalue weighted by Gasteiger charge is 2.27. The zero-order valence-corrected chi connectivity index (χ0v) is 14.7. The van der Waals surface area contributed by atoms with Gasteiger partial charge >= 0.3 is 5.97 Å². The van der Waals surface area contributed by atoms with E-state index in [0.717, 1.165) is 17.0 Å². The van der Waals surface area contributed by atoms with Crippen molar-refractivity contribution in [2.45, 2.75) is 0 Å². The quantitative estimate of drug-likeness (QED) is 0.322. The molecular formula is C20H20N2O5. The van der Waals surface area contributed by atoms with Crippen LogP contribution in [0.3, 0.4) is 0 Å². The Balaban J connectivity index is 0.000000273. The Morgan fingerprint density at radius 2 is 1.85 bits per heavy atom. The molecule has 2 aromatic rings. The number of benzene rings is 2. The number of anilines is 1. The molecule has 0 unspecified atom stereocenters. The number of ether oxygens (including phenoxy) is 2. The van der Waals surface area contributed by atoms with Crippen LogP contribution in [0.2, 0.25) is 0 Å². The van der Waals surface area contributed by atoms with Crippen molar-refractivity contribution in [2.24, 2.45) is 5.84 Å². The molecule has 0 atom stereocenters. The smallest absolute Gasteiger partial charge is 0.374 e. The maximum absolute atomic E-state index is 11.7. The summed E-state index contributed by atoms with van der Waals surface area (Å²) in [4.78, 5) is 22.6. The monoisotopic (exact) mass is 368 g/mol. The molecule has 1 aliphatic heterocycles. The largest absolute Gasteiger partial charge is 0.501 e. The van der Waals surface area contributed by atoms with Crippen molar-refractivity contribution in [3.8, 4) is 5.75 Å². The molecule has 0 bridgehead atoms. The van der Waals surface area contributed by atoms with E-state index in [1.807, 2.05) is 30.3 Å². The van der Waals surface area contributed by atoms with E-state index in [2.05, 4.69) is 10.2 Å². The Morgan fingerprint density at radius 3 is 2.33 bits per heavy atom. The SMILES string of the molecule is COc1ccc(/C=C/C(=O)C2=C(O)C(=O)OC2)cc1.NNc1ccccc1. The molecule has 7 nitrogen and oxygen atoms in total. The van der Waals surface area contributed by atoms with Gasteiger partial charge in [0.25, 0.3) is 0 Å². The molecule has 2 aromatic carbocycles. The van der Waals surface area contributed by atoms with Crippen LogP contribution in [0, 0.1) is 0 Å². The van der Waals surface area contributed by atoms with Crippen LogP contribution in [0.4, 0.5) is 5.69 Å². The van der Waals surface area contributed by atoms with Crippen molar-refractivity contribution in [3.05, 3.63) is 77.6 Å². The molecule has 1 aliphatic rings. The van der Waals surface area contributed by atoms with Crippen molar-refractivity contribution in [3.63, 3.8) is 0 Å². The molecule has 0 aliphatic carbocycles. The van der Waals surface area contributed by atoms with E-state index in [1.54, 1.807) is 37.5 Å². The number of nitrogen functional groups attached to an aromatic ring is 1. The lowest BCUT2D eigenvalue weighted by molar-refractivity contribution is -0.138. The number of nitrogens with two attached hydrogens (primary N) is 1. The number of aliphatic hydroxyl groups is 1. The third-order valence-electron chi connectivity index (χ3n) is 3.61. The number of methoxy groups -OCH3 is 1. The fraction of sp³-hybridized carbons (Fsp3) is 0.100. The highest BCUT2D eigenvalue weighted by atomic mass is 16.6. The highest BCUT2D eigenvalue weighted by molar-refractivity contribution is 6.12. The molecule has 140 valence electrons. The average Bonchev–Trinajstić information content (AvgIpc) is 3.06. The van der Waals surface area contributed by atoms with Crippen LogP contribution >= 0.6 is 0 Å². The third kappa shape index (κ3) is 5.72. The first-order valence-corrected chi connectivity index (χ1v) is 8.02. The van der Waals surface area contributed by atoms with Crippen LogP contribution < -0.4 is 16.0 Å². The Bertz CT molecular complexity index is 842. The normalized spacial score (nSPS) is 13.0. The lowest BCUT2D eigenvalue weighted by atomic mass is 10.1. The number of nitrogens with one attached hydrogen (secondary N) is 1. The van der Waals surface area contributed by atoms with E-state index >= 15 is 0 Å². The fourth-order valence-corrected chi connectivity index (χ4v) is 2.11. The van der Waals surface area contributed by atoms with Crippen molar-refractivity contribution in [1.29, 1.82) is 0 Å². The fourth-order valence-electron chi connectivity index (χ4n) is 2.11. The van der Waals surface area contributed by atoms with Gasteiger partial charge in [-0.15, -0.1) is 0 Å². The Morgan fingerprint density at radius 1 is 1.19 bits per heavy atom. The summed E-state index contributed by atoms with van der Waals surface area (Å²) >= 11 is 0. The number of esters is 1. The molecule has 0 amide bonds. The van der Waals surface area contributed by atoms with Crippen LogP contribution in [0.25, 0.3) is 6.08 Å². The summed E-state index contributed by atoms with van der Waals surface area (Å²) in [5.74, 6) is 3.91. The summed E-state index contributed by atoms with van der Waals surface area (Å²) in [6, 6.07) is 16.7. The van der Waals surface area contributed by atoms with Gasteiger partial charge in [0.1, 0.15) is 12.4 Å². The summed E-state index contributed by atoms with van der Waals surface area (Å²) < 4.78 is 9.56. The van der Waals surface area contributed by atoms with E-state index in [-0.39, 0.29) is 12.2 Å². The van der Waals surface area contributed by atoms with Gasteiger partial charge in [0, 0.05) is 5.69 Å². The van der Waals surface area contributed by atoms with Gasteiger partial charge in [-0.1, -0.05) is 36.4 Å². The first-order valence-electron chi connectivity index (χ1n) is 8.02. The molecular weight excluding hydrogens is 348 g/mol. The Kier molecular flexibility index (Phi) is 7.16. The average molecular weight is 368 g/mol. The van der Waals surface area contributed by atoms with E-state index < -0.39 is 17.5 Å². The number of carbonyl (C=O) groups excluding carboxylic acids is 2. The van der Waals surface area contributed by atoms with E-state index in [4.69, 9.17) is 10.6 Å². The topological polar surface area (TPSA) is 111 Å². The predicted octanol–water partition coefficient (Wildman–Crippen LogP) is 2.62. The van der Waals surface area contributed by atoms with Gasteiger partial charge in [0.15, 0.2) is 5.78 Å². The standard InChI is InChI=1S/C14H12O5.C6H8N2/c1-18-10-5-2-9(3-6-10)4-7-12(15)11-8-19-14(17)13(11)16;7-8-6-4-2-1-3-5-6/h2-7,16H,8H2,1H3;1-5,8H,7H2/b7-4+;. The zero-order valence-electron chi connectivity index (χ0n) is 14.7. The van der Waals surface area contributed by atoms with E-state index in [0.29, 0.717) is 0 Å². The van der Waals surface area contributed by atoms with Crippen LogP contribution in [0.15, 0.2) is 72.0 Å². The predicted molar refractivity (Wildman–Crippen MR) is 102 cm³/mol. The number of para-hydroxylation sites is 1. The molecule has 0 radical (unpaired) electrons. The minimum atomic E-state index is -0.860. The Hall–Kier alpha value is -3.58. The zero-order chi connectivity index (χ0) is 19.6. The van der Waals surface area contributed by atoms with Crippen molar-refractivity contribution >= 4 is 23.5 Å². The summed E-state index contributed by atoms with van der Waals surface area (Å²) in [5.41, 5.74) is 4.25. The van der Waals surface area contributed by atoms with Gasteiger partial charge in [0.2, 0.25) is 5.76 Å². The molecule has 27 heavy (non-hydrogen) atoms. The van der Waals surface area contributed by atoms with Crippen LogP contribution in [-0.2, 0) is 14.3 Å². The number of ketones is 1. The molecule has 0 aromatic heterocycles. The first-order chi connectivity index (χ1) is 13.0. The first kappa shape index (κ1) is 19.7. The summed E-state index contributed by atoms with van der Waals surface area (Å²) in [6.07, 6.45) is 2.88. The van der Waals surface area contributed by atoms with E-state index in [9.17, 15) is 14.7 Å². The van der Waals surface area contributed by atoms with Gasteiger partial charge in [-0.3, -0.25) is 10.6 Å². The number of hydrogen-bond acceptors (Lipinski definition) is 7. The summed E-state index contributed by atoms with van der Waals surface area (Å²) in [5, 5.41) is 9.33. The Labute approximate surface area is 156 Å². The molecule has 1 heterocycles. The minimum absolute atomic E-state index is 0.0187. The van der Waals surface area contributed by atoms with Crippen molar-refractivity contribution < 1.29 is 24.2 Å². The second kappa shape index (κ2) is 9.79. The number of carbonyl (C=O) groups is 2. The molecule has 4 N–H and O–H groups in total. The second-order valence-electron chi connectivity index (χ2n) is 5.38. The van der Waals surface area contributed by atoms with Gasteiger partial charge in [-0.2, -0.15) is 0 Å². The van der Waals surface area contributed by atoms with Gasteiger partial charge in [0.05, 0.1) is 12.7 Å². The van der Waals surface area contributed by atoms with Gasteiger partial charge in [-0.25, -0.2) is 4.79 Å². The lowest BCUT2D eigenvalue weighted by Crippen LogP contribution is -2.05. The maximum atomic E-state index is 11.7.